The van der Waals surface area contributed by atoms with Gasteiger partial charge in [-0.25, -0.2) is 4.79 Å². The molecule has 0 aromatic carbocycles. The van der Waals surface area contributed by atoms with Gasteiger partial charge in [-0.1, -0.05) is 6.58 Å². The number of aliphatic hydroxyl groups is 1. The number of urea groups is 1. The molecule has 5 nitrogen and oxygen atoms in total. The van der Waals surface area contributed by atoms with E-state index >= 15 is 0 Å². The summed E-state index contributed by atoms with van der Waals surface area (Å²) in [6.45, 7) is 3.20. The lowest BCUT2D eigenvalue weighted by Gasteiger charge is -2.03. The highest BCUT2D eigenvalue weighted by molar-refractivity contribution is 6.04. The Labute approximate surface area is 63.1 Å². The molecule has 1 aliphatic heterocycles. The Kier molecular flexibility index (Phi) is 1.80. The smallest absolute Gasteiger partial charge is 0.322 e. The van der Waals surface area contributed by atoms with Crippen molar-refractivity contribution in [1.82, 2.24) is 10.6 Å². The number of nitrogens with one attached hydrogen (secondary N) is 2. The van der Waals surface area contributed by atoms with E-state index in [0.717, 1.165) is 0 Å². The van der Waals surface area contributed by atoms with Crippen LogP contribution in [0.25, 0.3) is 0 Å². The Bertz CT molecular complexity index is 224. The standard InChI is InChI=1S/C6H8N2O3/c1-3(9)2-4-5(10)8-6(11)7-4/h4,9H,1-2H2,(H2,7,8,10,11). The fraction of sp³-hybridized carbons (Fsp3) is 0.333. The van der Waals surface area contributed by atoms with Crippen LogP contribution in [-0.4, -0.2) is 23.1 Å². The van der Waals surface area contributed by atoms with E-state index in [1.165, 1.54) is 0 Å². The fourth-order valence-electron chi connectivity index (χ4n) is 0.838. The van der Waals surface area contributed by atoms with Crippen molar-refractivity contribution in [3.05, 3.63) is 12.3 Å². The average molecular weight is 156 g/mol. The monoisotopic (exact) mass is 156 g/mol. The maximum Gasteiger partial charge on any atom is 0.322 e. The van der Waals surface area contributed by atoms with Crippen LogP contribution in [0.1, 0.15) is 6.42 Å². The van der Waals surface area contributed by atoms with E-state index in [4.69, 9.17) is 5.11 Å². The van der Waals surface area contributed by atoms with Gasteiger partial charge in [0.2, 0.25) is 0 Å². The highest BCUT2D eigenvalue weighted by Crippen LogP contribution is 2.03. The van der Waals surface area contributed by atoms with Gasteiger partial charge in [0.15, 0.2) is 0 Å². The fourth-order valence-corrected chi connectivity index (χ4v) is 0.838. The van der Waals surface area contributed by atoms with Crippen LogP contribution in [0.2, 0.25) is 0 Å². The molecule has 1 aliphatic rings. The van der Waals surface area contributed by atoms with Crippen LogP contribution in [0.15, 0.2) is 12.3 Å². The van der Waals surface area contributed by atoms with Gasteiger partial charge < -0.3 is 10.4 Å². The van der Waals surface area contributed by atoms with Gasteiger partial charge in [0.05, 0.1) is 5.76 Å². The summed E-state index contributed by atoms with van der Waals surface area (Å²) >= 11 is 0. The van der Waals surface area contributed by atoms with Crippen molar-refractivity contribution in [1.29, 1.82) is 0 Å². The van der Waals surface area contributed by atoms with Gasteiger partial charge in [-0.2, -0.15) is 0 Å². The minimum atomic E-state index is -0.667. The molecule has 1 fully saturated rings. The number of carbonyl (C=O) groups excluding carboxylic acids is 2. The van der Waals surface area contributed by atoms with Crippen LogP contribution >= 0.6 is 0 Å². The number of imide groups is 1. The van der Waals surface area contributed by atoms with Crippen LogP contribution < -0.4 is 10.6 Å². The third-order valence-electron chi connectivity index (χ3n) is 1.30. The van der Waals surface area contributed by atoms with E-state index in [-0.39, 0.29) is 12.2 Å². The first-order chi connectivity index (χ1) is 5.09. The molecule has 0 radical (unpaired) electrons. The molecule has 0 aliphatic carbocycles. The maximum atomic E-state index is 10.8. The summed E-state index contributed by atoms with van der Waals surface area (Å²) in [7, 11) is 0. The number of carbonyl (C=O) groups is 2. The van der Waals surface area contributed by atoms with Gasteiger partial charge in [-0.3, -0.25) is 10.1 Å². The summed E-state index contributed by atoms with van der Waals surface area (Å²) in [6.07, 6.45) is 0.0670. The third kappa shape index (κ3) is 1.70. The van der Waals surface area contributed by atoms with E-state index in [1.807, 2.05) is 5.32 Å². The molecule has 1 atom stereocenters. The molecule has 5 heteroatoms. The highest BCUT2D eigenvalue weighted by Gasteiger charge is 2.29. The minimum absolute atomic E-state index is 0.0670. The minimum Gasteiger partial charge on any atom is -0.513 e. The molecule has 3 amide bonds. The molecule has 3 N–H and O–H groups in total. The van der Waals surface area contributed by atoms with E-state index in [1.54, 1.807) is 0 Å². The summed E-state index contributed by atoms with van der Waals surface area (Å²) in [4.78, 5) is 21.3. The quantitative estimate of drug-likeness (QED) is 0.378. The van der Waals surface area contributed by atoms with Crippen molar-refractivity contribution in [3.63, 3.8) is 0 Å². The molecular formula is C6H8N2O3. The predicted molar refractivity (Wildman–Crippen MR) is 36.8 cm³/mol. The summed E-state index contributed by atoms with van der Waals surface area (Å²) in [5.74, 6) is -0.544. The molecule has 1 saturated heterocycles. The predicted octanol–water partition coefficient (Wildman–Crippen LogP) is -0.344. The zero-order valence-electron chi connectivity index (χ0n) is 5.76. The Morgan fingerprint density at radius 3 is 2.64 bits per heavy atom. The first-order valence-electron chi connectivity index (χ1n) is 3.07. The zero-order chi connectivity index (χ0) is 8.43. The lowest BCUT2D eigenvalue weighted by atomic mass is 10.2. The van der Waals surface area contributed by atoms with Crippen molar-refractivity contribution in [2.45, 2.75) is 12.5 Å². The molecule has 0 aromatic heterocycles. The van der Waals surface area contributed by atoms with Crippen molar-refractivity contribution >= 4 is 11.9 Å². The Balaban J connectivity index is 2.53. The highest BCUT2D eigenvalue weighted by atomic mass is 16.3. The van der Waals surface area contributed by atoms with E-state index in [9.17, 15) is 9.59 Å². The second kappa shape index (κ2) is 2.61. The van der Waals surface area contributed by atoms with Crippen LogP contribution in [0.5, 0.6) is 0 Å². The van der Waals surface area contributed by atoms with Gasteiger partial charge in [0.25, 0.3) is 5.91 Å². The SMILES string of the molecule is C=C(O)CC1NC(=O)NC1=O. The number of hydrogen-bond acceptors (Lipinski definition) is 3. The van der Waals surface area contributed by atoms with Crippen LogP contribution in [0.4, 0.5) is 4.79 Å². The summed E-state index contributed by atoms with van der Waals surface area (Å²) < 4.78 is 0. The Hall–Kier alpha value is -1.52. The lowest BCUT2D eigenvalue weighted by molar-refractivity contribution is -0.120. The number of rotatable bonds is 2. The van der Waals surface area contributed by atoms with Crippen molar-refractivity contribution in [3.8, 4) is 0 Å². The normalized spacial score (nSPS) is 22.7. The van der Waals surface area contributed by atoms with E-state index in [2.05, 4.69) is 11.9 Å². The Morgan fingerprint density at radius 2 is 2.27 bits per heavy atom. The van der Waals surface area contributed by atoms with Crippen molar-refractivity contribution in [2.75, 3.05) is 0 Å². The Morgan fingerprint density at radius 1 is 1.64 bits per heavy atom. The first kappa shape index (κ1) is 7.59. The van der Waals surface area contributed by atoms with Gasteiger partial charge >= 0.3 is 6.03 Å². The molecule has 1 heterocycles. The molecule has 1 unspecified atom stereocenters. The third-order valence-corrected chi connectivity index (χ3v) is 1.30. The van der Waals surface area contributed by atoms with Crippen LogP contribution in [0.3, 0.4) is 0 Å². The molecule has 11 heavy (non-hydrogen) atoms. The van der Waals surface area contributed by atoms with Gasteiger partial charge in [0, 0.05) is 6.42 Å². The molecule has 60 valence electrons. The summed E-state index contributed by atoms with van der Waals surface area (Å²) in [5, 5.41) is 13.0. The van der Waals surface area contributed by atoms with Crippen LogP contribution in [0, 0.1) is 0 Å². The summed E-state index contributed by atoms with van der Waals surface area (Å²) in [6, 6.07) is -1.19. The number of aliphatic hydroxyl groups excluding tert-OH is 1. The first-order valence-corrected chi connectivity index (χ1v) is 3.07. The van der Waals surface area contributed by atoms with Crippen molar-refractivity contribution in [2.24, 2.45) is 0 Å². The molecule has 0 spiro atoms. The molecule has 1 rings (SSSR count). The zero-order valence-corrected chi connectivity index (χ0v) is 5.76. The van der Waals surface area contributed by atoms with Crippen molar-refractivity contribution < 1.29 is 14.7 Å². The molecule has 0 bridgehead atoms. The van der Waals surface area contributed by atoms with E-state index < -0.39 is 18.0 Å². The maximum absolute atomic E-state index is 10.8. The molecule has 0 saturated carbocycles. The van der Waals surface area contributed by atoms with E-state index in [0.29, 0.717) is 0 Å². The van der Waals surface area contributed by atoms with Gasteiger partial charge in [-0.05, 0) is 0 Å². The largest absolute Gasteiger partial charge is 0.513 e. The summed E-state index contributed by atoms with van der Waals surface area (Å²) in [5.41, 5.74) is 0. The average Bonchev–Trinajstić information content (AvgIpc) is 2.09. The molecule has 0 aromatic rings. The van der Waals surface area contributed by atoms with Crippen LogP contribution in [-0.2, 0) is 4.79 Å². The number of amides is 3. The lowest BCUT2D eigenvalue weighted by Crippen LogP contribution is -2.28. The topological polar surface area (TPSA) is 78.4 Å². The number of hydrogen-bond donors (Lipinski definition) is 3. The second-order valence-corrected chi connectivity index (χ2v) is 2.29. The van der Waals surface area contributed by atoms with Gasteiger partial charge in [-0.15, -0.1) is 0 Å². The van der Waals surface area contributed by atoms with Gasteiger partial charge in [0.1, 0.15) is 6.04 Å². The molecular weight excluding hydrogens is 148 g/mol. The second-order valence-electron chi connectivity index (χ2n) is 2.29.